The smallest absolute Gasteiger partial charge is 0.0715 e. The number of hydrogen-bond acceptors (Lipinski definition) is 2. The minimum Gasteiger partial charge on any atom is -0.389 e. The maximum atomic E-state index is 9.45. The van der Waals surface area contributed by atoms with E-state index in [1.165, 1.54) is 44.9 Å². The second-order valence-corrected chi connectivity index (χ2v) is 5.11. The fourth-order valence-corrected chi connectivity index (χ4v) is 1.60. The number of nitrogens with one attached hydrogen (secondary N) is 1. The minimum atomic E-state index is -0.568. The highest BCUT2D eigenvalue weighted by atomic mass is 16.3. The summed E-state index contributed by atoms with van der Waals surface area (Å²) in [6.07, 6.45) is 9.42. The van der Waals surface area contributed by atoms with Crippen molar-refractivity contribution in [3.63, 3.8) is 0 Å². The van der Waals surface area contributed by atoms with Crippen molar-refractivity contribution >= 4 is 0 Å². The third-order valence-corrected chi connectivity index (χ3v) is 2.51. The minimum absolute atomic E-state index is 0.568. The molecule has 0 radical (unpaired) electrons. The fourth-order valence-electron chi connectivity index (χ4n) is 1.60. The van der Waals surface area contributed by atoms with Gasteiger partial charge in [-0.15, -0.1) is 0 Å². The highest BCUT2D eigenvalue weighted by molar-refractivity contribution is 4.67. The Morgan fingerprint density at radius 1 is 0.933 bits per heavy atom. The average molecular weight is 215 g/mol. The van der Waals surface area contributed by atoms with Crippen molar-refractivity contribution in [1.82, 2.24) is 5.32 Å². The Balaban J connectivity index is 2.99. The van der Waals surface area contributed by atoms with E-state index in [1.54, 1.807) is 0 Å². The number of aliphatic hydroxyl groups is 1. The highest BCUT2D eigenvalue weighted by Crippen LogP contribution is 2.06. The second-order valence-electron chi connectivity index (χ2n) is 5.11. The van der Waals surface area contributed by atoms with Crippen LogP contribution in [0.1, 0.15) is 65.7 Å². The van der Waals surface area contributed by atoms with Crippen LogP contribution >= 0.6 is 0 Å². The summed E-state index contributed by atoms with van der Waals surface area (Å²) < 4.78 is 0. The molecule has 0 aliphatic heterocycles. The monoisotopic (exact) mass is 215 g/mol. The molecule has 0 aliphatic rings. The number of unbranched alkanes of at least 4 members (excludes halogenated alkanes) is 6. The molecule has 2 nitrogen and oxygen atoms in total. The standard InChI is InChI=1S/C13H29NO/c1-4-5-6-7-8-9-10-11-14-12-13(2,3)15/h14-15H,4-12H2,1-3H3. The van der Waals surface area contributed by atoms with Crippen LogP contribution in [0.5, 0.6) is 0 Å². The zero-order valence-electron chi connectivity index (χ0n) is 10.8. The first-order valence-electron chi connectivity index (χ1n) is 6.49. The summed E-state index contributed by atoms with van der Waals surface area (Å²) in [6.45, 7) is 7.66. The summed E-state index contributed by atoms with van der Waals surface area (Å²) in [7, 11) is 0. The van der Waals surface area contributed by atoms with Crippen LogP contribution in [0, 0.1) is 0 Å². The van der Waals surface area contributed by atoms with Crippen LogP contribution in [0.25, 0.3) is 0 Å². The SMILES string of the molecule is CCCCCCCCCNCC(C)(C)O. The number of hydrogen-bond donors (Lipinski definition) is 2. The summed E-state index contributed by atoms with van der Waals surface area (Å²) >= 11 is 0. The molecular formula is C13H29NO. The molecule has 0 aromatic heterocycles. The van der Waals surface area contributed by atoms with E-state index in [0.717, 1.165) is 6.54 Å². The van der Waals surface area contributed by atoms with Crippen molar-refractivity contribution in [2.45, 2.75) is 71.3 Å². The van der Waals surface area contributed by atoms with E-state index in [1.807, 2.05) is 13.8 Å². The molecule has 0 bridgehead atoms. The summed E-state index contributed by atoms with van der Waals surface area (Å²) in [5, 5.41) is 12.7. The third kappa shape index (κ3) is 13.9. The maximum absolute atomic E-state index is 9.45. The van der Waals surface area contributed by atoms with Crippen molar-refractivity contribution in [3.8, 4) is 0 Å². The molecule has 0 unspecified atom stereocenters. The molecule has 0 rings (SSSR count). The van der Waals surface area contributed by atoms with Gasteiger partial charge in [0.1, 0.15) is 0 Å². The molecule has 0 saturated carbocycles. The molecule has 2 heteroatoms. The van der Waals surface area contributed by atoms with Gasteiger partial charge in [-0.3, -0.25) is 0 Å². The van der Waals surface area contributed by atoms with Gasteiger partial charge in [0.05, 0.1) is 5.60 Å². The topological polar surface area (TPSA) is 32.3 Å². The lowest BCUT2D eigenvalue weighted by Crippen LogP contribution is -2.35. The molecule has 0 atom stereocenters. The predicted octanol–water partition coefficient (Wildman–Crippen LogP) is 3.10. The highest BCUT2D eigenvalue weighted by Gasteiger charge is 2.10. The molecule has 0 fully saturated rings. The Hall–Kier alpha value is -0.0800. The molecule has 92 valence electrons. The van der Waals surface area contributed by atoms with Crippen LogP contribution in [0.4, 0.5) is 0 Å². The summed E-state index contributed by atoms with van der Waals surface area (Å²) in [6, 6.07) is 0. The Labute approximate surface area is 95.5 Å². The van der Waals surface area contributed by atoms with E-state index >= 15 is 0 Å². The van der Waals surface area contributed by atoms with E-state index in [-0.39, 0.29) is 0 Å². The van der Waals surface area contributed by atoms with Crippen molar-refractivity contribution in [2.24, 2.45) is 0 Å². The van der Waals surface area contributed by atoms with E-state index < -0.39 is 5.60 Å². The van der Waals surface area contributed by atoms with Gasteiger partial charge in [-0.2, -0.15) is 0 Å². The maximum Gasteiger partial charge on any atom is 0.0715 e. The lowest BCUT2D eigenvalue weighted by Gasteiger charge is -2.17. The predicted molar refractivity (Wildman–Crippen MR) is 67.2 cm³/mol. The van der Waals surface area contributed by atoms with E-state index in [0.29, 0.717) is 6.54 Å². The van der Waals surface area contributed by atoms with Gasteiger partial charge in [-0.1, -0.05) is 45.4 Å². The zero-order chi connectivity index (χ0) is 11.6. The molecule has 0 spiro atoms. The molecule has 0 aromatic rings. The van der Waals surface area contributed by atoms with Gasteiger partial charge >= 0.3 is 0 Å². The molecule has 0 amide bonds. The van der Waals surface area contributed by atoms with Crippen molar-refractivity contribution in [3.05, 3.63) is 0 Å². The molecule has 0 aromatic carbocycles. The molecule has 0 heterocycles. The van der Waals surface area contributed by atoms with Crippen LogP contribution in [-0.4, -0.2) is 23.8 Å². The normalized spacial score (nSPS) is 12.0. The fraction of sp³-hybridized carbons (Fsp3) is 1.00. The van der Waals surface area contributed by atoms with Gasteiger partial charge in [-0.25, -0.2) is 0 Å². The van der Waals surface area contributed by atoms with Crippen LogP contribution in [0.3, 0.4) is 0 Å². The third-order valence-electron chi connectivity index (χ3n) is 2.51. The largest absolute Gasteiger partial charge is 0.389 e. The molecule has 0 aliphatic carbocycles. The zero-order valence-corrected chi connectivity index (χ0v) is 10.8. The first-order valence-corrected chi connectivity index (χ1v) is 6.49. The van der Waals surface area contributed by atoms with E-state index in [9.17, 15) is 5.11 Å². The lowest BCUT2D eigenvalue weighted by molar-refractivity contribution is 0.0799. The van der Waals surface area contributed by atoms with Crippen molar-refractivity contribution in [2.75, 3.05) is 13.1 Å². The first kappa shape index (κ1) is 14.9. The Kier molecular flexibility index (Phi) is 9.12. The number of rotatable bonds is 10. The quantitative estimate of drug-likeness (QED) is 0.549. The van der Waals surface area contributed by atoms with Crippen molar-refractivity contribution < 1.29 is 5.11 Å². The molecule has 0 saturated heterocycles. The Bertz CT molecular complexity index is 129. The van der Waals surface area contributed by atoms with Crippen molar-refractivity contribution in [1.29, 1.82) is 0 Å². The molecular weight excluding hydrogens is 186 g/mol. The van der Waals surface area contributed by atoms with Crippen LogP contribution in [-0.2, 0) is 0 Å². The van der Waals surface area contributed by atoms with Gasteiger partial charge in [0.15, 0.2) is 0 Å². The van der Waals surface area contributed by atoms with Gasteiger partial charge < -0.3 is 10.4 Å². The average Bonchev–Trinajstić information content (AvgIpc) is 2.14. The Morgan fingerprint density at radius 2 is 1.47 bits per heavy atom. The molecule has 2 N–H and O–H groups in total. The first-order chi connectivity index (χ1) is 7.06. The van der Waals surface area contributed by atoms with Gasteiger partial charge in [-0.05, 0) is 26.8 Å². The Morgan fingerprint density at radius 3 is 2.00 bits per heavy atom. The van der Waals surface area contributed by atoms with Gasteiger partial charge in [0.25, 0.3) is 0 Å². The molecule has 15 heavy (non-hydrogen) atoms. The van der Waals surface area contributed by atoms with Crippen LogP contribution in [0.15, 0.2) is 0 Å². The van der Waals surface area contributed by atoms with E-state index in [2.05, 4.69) is 12.2 Å². The lowest BCUT2D eigenvalue weighted by atomic mass is 10.1. The van der Waals surface area contributed by atoms with Crippen LogP contribution in [0.2, 0.25) is 0 Å². The summed E-state index contributed by atoms with van der Waals surface area (Å²) in [5.41, 5.74) is -0.568. The van der Waals surface area contributed by atoms with Gasteiger partial charge in [0.2, 0.25) is 0 Å². The summed E-state index contributed by atoms with van der Waals surface area (Å²) in [5.74, 6) is 0. The second kappa shape index (κ2) is 9.17. The summed E-state index contributed by atoms with van der Waals surface area (Å²) in [4.78, 5) is 0. The van der Waals surface area contributed by atoms with Crippen LogP contribution < -0.4 is 5.32 Å². The van der Waals surface area contributed by atoms with Gasteiger partial charge in [0, 0.05) is 6.54 Å². The van der Waals surface area contributed by atoms with E-state index in [4.69, 9.17) is 0 Å².